The number of nitrogens with one attached hydrogen (secondary N) is 3. The van der Waals surface area contributed by atoms with Crippen LogP contribution in [0.1, 0.15) is 31.9 Å². The van der Waals surface area contributed by atoms with Crippen LogP contribution in [0.3, 0.4) is 0 Å². The van der Waals surface area contributed by atoms with Crippen molar-refractivity contribution in [2.75, 3.05) is 25.0 Å². The summed E-state index contributed by atoms with van der Waals surface area (Å²) < 4.78 is 11.7. The molecule has 0 fully saturated rings. The van der Waals surface area contributed by atoms with Crippen LogP contribution in [0, 0.1) is 0 Å². The molecule has 3 N–H and O–H groups in total. The average Bonchev–Trinajstić information content (AvgIpc) is 3.09. The van der Waals surface area contributed by atoms with Crippen LogP contribution in [-0.2, 0) is 17.8 Å². The molecule has 30 heavy (non-hydrogen) atoms. The van der Waals surface area contributed by atoms with E-state index in [1.807, 2.05) is 50.2 Å². The third-order valence-electron chi connectivity index (χ3n) is 4.60. The van der Waals surface area contributed by atoms with Crippen LogP contribution in [0.4, 0.5) is 5.69 Å². The van der Waals surface area contributed by atoms with Crippen molar-refractivity contribution in [1.82, 2.24) is 10.6 Å². The summed E-state index contributed by atoms with van der Waals surface area (Å²) in [6, 6.07) is 13.4. The number of carbonyl (C=O) groups excluding carboxylic acids is 1. The maximum absolute atomic E-state index is 12.2. The highest BCUT2D eigenvalue weighted by Crippen LogP contribution is 2.35. The van der Waals surface area contributed by atoms with Gasteiger partial charge in [-0.25, -0.2) is 4.99 Å². The third-order valence-corrected chi connectivity index (χ3v) is 4.60. The Bertz CT molecular complexity index is 884. The summed E-state index contributed by atoms with van der Waals surface area (Å²) in [6.45, 7) is 7.82. The van der Waals surface area contributed by atoms with Crippen LogP contribution >= 0.6 is 0 Å². The van der Waals surface area contributed by atoms with Gasteiger partial charge in [0.2, 0.25) is 5.91 Å². The van der Waals surface area contributed by atoms with Gasteiger partial charge in [0.05, 0.1) is 19.7 Å². The highest BCUT2D eigenvalue weighted by Gasteiger charge is 2.21. The summed E-state index contributed by atoms with van der Waals surface area (Å²) in [6.07, 6.45) is 1.06. The summed E-state index contributed by atoms with van der Waals surface area (Å²) in [5.41, 5.74) is 2.89. The molecule has 1 atom stereocenters. The number of hydrogen-bond acceptors (Lipinski definition) is 4. The van der Waals surface area contributed by atoms with E-state index in [0.29, 0.717) is 25.7 Å². The predicted octanol–water partition coefficient (Wildman–Crippen LogP) is 3.10. The number of anilines is 1. The van der Waals surface area contributed by atoms with Gasteiger partial charge in [-0.1, -0.05) is 18.2 Å². The number of para-hydroxylation sites is 1. The van der Waals surface area contributed by atoms with Gasteiger partial charge in [-0.3, -0.25) is 4.79 Å². The van der Waals surface area contributed by atoms with Crippen molar-refractivity contribution in [2.45, 2.75) is 39.8 Å². The Morgan fingerprint density at radius 2 is 2.00 bits per heavy atom. The lowest BCUT2D eigenvalue weighted by atomic mass is 10.1. The molecule has 0 spiro atoms. The third kappa shape index (κ3) is 5.89. The van der Waals surface area contributed by atoms with Crippen molar-refractivity contribution in [2.24, 2.45) is 4.99 Å². The summed E-state index contributed by atoms with van der Waals surface area (Å²) in [5.74, 6) is 2.16. The maximum Gasteiger partial charge on any atom is 0.243 e. The lowest BCUT2D eigenvalue weighted by Gasteiger charge is -2.14. The van der Waals surface area contributed by atoms with Gasteiger partial charge in [-0.05, 0) is 45.0 Å². The predicted molar refractivity (Wildman–Crippen MR) is 119 cm³/mol. The van der Waals surface area contributed by atoms with Gasteiger partial charge in [0.1, 0.15) is 17.6 Å². The number of hydrogen-bond donors (Lipinski definition) is 3. The maximum atomic E-state index is 12.2. The van der Waals surface area contributed by atoms with Crippen molar-refractivity contribution in [3.8, 4) is 11.5 Å². The number of nitrogens with zero attached hydrogens (tertiary/aromatic N) is 1. The molecule has 7 heteroatoms. The lowest BCUT2D eigenvalue weighted by molar-refractivity contribution is -0.115. The Morgan fingerprint density at radius 1 is 1.20 bits per heavy atom. The van der Waals surface area contributed by atoms with Crippen molar-refractivity contribution < 1.29 is 14.3 Å². The second kappa shape index (κ2) is 10.5. The van der Waals surface area contributed by atoms with E-state index in [9.17, 15) is 4.79 Å². The Balaban J connectivity index is 1.65. The molecule has 2 aromatic carbocycles. The van der Waals surface area contributed by atoms with Crippen molar-refractivity contribution >= 4 is 17.6 Å². The summed E-state index contributed by atoms with van der Waals surface area (Å²) in [7, 11) is 0. The molecule has 1 amide bonds. The molecule has 1 aliphatic rings. The second-order valence-electron chi connectivity index (χ2n) is 7.10. The molecule has 1 heterocycles. The SMILES string of the molecule is CCNC(=NCc1cc2c(cc1OCC)CC(C)O2)NCC(=O)Nc1ccccc1. The minimum absolute atomic E-state index is 0.115. The molecular weight excluding hydrogens is 380 g/mol. The van der Waals surface area contributed by atoms with E-state index in [2.05, 4.69) is 33.9 Å². The van der Waals surface area contributed by atoms with E-state index in [1.165, 1.54) is 5.56 Å². The standard InChI is InChI=1S/C23H30N4O3/c1-4-24-23(26-15-22(28)27-19-9-7-6-8-10-19)25-14-18-13-21-17(11-16(3)30-21)12-20(18)29-5-2/h6-10,12-13,16H,4-5,11,14-15H2,1-3H3,(H,27,28)(H2,24,25,26). The van der Waals surface area contributed by atoms with Crippen molar-refractivity contribution in [1.29, 1.82) is 0 Å². The minimum atomic E-state index is -0.137. The molecule has 1 unspecified atom stereocenters. The zero-order chi connectivity index (χ0) is 21.3. The topological polar surface area (TPSA) is 84.0 Å². The molecule has 0 aliphatic carbocycles. The number of rotatable bonds is 8. The molecule has 0 bridgehead atoms. The molecule has 0 aromatic heterocycles. The van der Waals surface area contributed by atoms with E-state index in [-0.39, 0.29) is 18.6 Å². The smallest absolute Gasteiger partial charge is 0.243 e. The molecule has 1 aliphatic heterocycles. The van der Waals surface area contributed by atoms with Crippen LogP contribution in [0.5, 0.6) is 11.5 Å². The van der Waals surface area contributed by atoms with Crippen LogP contribution in [0.2, 0.25) is 0 Å². The Kier molecular flexibility index (Phi) is 7.54. The summed E-state index contributed by atoms with van der Waals surface area (Å²) in [4.78, 5) is 16.8. The van der Waals surface area contributed by atoms with E-state index in [0.717, 1.165) is 29.2 Å². The first-order chi connectivity index (χ1) is 14.6. The number of benzene rings is 2. The first-order valence-electron chi connectivity index (χ1n) is 10.4. The molecule has 160 valence electrons. The Hall–Kier alpha value is -3.22. The fourth-order valence-corrected chi connectivity index (χ4v) is 3.29. The molecule has 0 saturated heterocycles. The van der Waals surface area contributed by atoms with E-state index in [4.69, 9.17) is 9.47 Å². The number of amides is 1. The molecule has 2 aromatic rings. The fourth-order valence-electron chi connectivity index (χ4n) is 3.29. The van der Waals surface area contributed by atoms with Gasteiger partial charge < -0.3 is 25.4 Å². The molecular formula is C23H30N4O3. The summed E-state index contributed by atoms with van der Waals surface area (Å²) >= 11 is 0. The largest absolute Gasteiger partial charge is 0.494 e. The van der Waals surface area contributed by atoms with Crippen LogP contribution in [0.25, 0.3) is 0 Å². The highest BCUT2D eigenvalue weighted by molar-refractivity contribution is 5.94. The monoisotopic (exact) mass is 410 g/mol. The molecule has 0 saturated carbocycles. The van der Waals surface area contributed by atoms with Crippen LogP contribution in [-0.4, -0.2) is 37.7 Å². The van der Waals surface area contributed by atoms with Crippen molar-refractivity contribution in [3.63, 3.8) is 0 Å². The Morgan fingerprint density at radius 3 is 2.73 bits per heavy atom. The van der Waals surface area contributed by atoms with Gasteiger partial charge >= 0.3 is 0 Å². The van der Waals surface area contributed by atoms with Crippen molar-refractivity contribution in [3.05, 3.63) is 53.6 Å². The lowest BCUT2D eigenvalue weighted by Crippen LogP contribution is -2.41. The van der Waals surface area contributed by atoms with E-state index in [1.54, 1.807) is 0 Å². The summed E-state index contributed by atoms with van der Waals surface area (Å²) in [5, 5.41) is 9.10. The van der Waals surface area contributed by atoms with E-state index < -0.39 is 0 Å². The van der Waals surface area contributed by atoms with Gasteiger partial charge in [0, 0.05) is 29.8 Å². The van der Waals surface area contributed by atoms with Crippen LogP contribution < -0.4 is 25.4 Å². The number of fused-ring (bicyclic) bond motifs is 1. The first-order valence-corrected chi connectivity index (χ1v) is 10.4. The number of ether oxygens (including phenoxy) is 2. The number of guanidine groups is 1. The molecule has 7 nitrogen and oxygen atoms in total. The van der Waals surface area contributed by atoms with E-state index >= 15 is 0 Å². The van der Waals surface area contributed by atoms with Gasteiger partial charge in [-0.2, -0.15) is 0 Å². The fraction of sp³-hybridized carbons (Fsp3) is 0.391. The average molecular weight is 411 g/mol. The molecule has 0 radical (unpaired) electrons. The normalized spacial score (nSPS) is 15.2. The zero-order valence-electron chi connectivity index (χ0n) is 17.8. The minimum Gasteiger partial charge on any atom is -0.494 e. The Labute approximate surface area is 177 Å². The number of carbonyl (C=O) groups is 1. The first kappa shape index (κ1) is 21.5. The van der Waals surface area contributed by atoms with Gasteiger partial charge in [0.15, 0.2) is 5.96 Å². The molecule has 3 rings (SSSR count). The van der Waals surface area contributed by atoms with Gasteiger partial charge in [0.25, 0.3) is 0 Å². The quantitative estimate of drug-likeness (QED) is 0.460. The zero-order valence-corrected chi connectivity index (χ0v) is 17.8. The van der Waals surface area contributed by atoms with Crippen LogP contribution in [0.15, 0.2) is 47.5 Å². The number of aliphatic imine (C=N–C) groups is 1. The highest BCUT2D eigenvalue weighted by atomic mass is 16.5. The van der Waals surface area contributed by atoms with Gasteiger partial charge in [-0.15, -0.1) is 0 Å². The second-order valence-corrected chi connectivity index (χ2v) is 7.10.